The van der Waals surface area contributed by atoms with Gasteiger partial charge in [-0.25, -0.2) is 9.98 Å². The van der Waals surface area contributed by atoms with Crippen molar-refractivity contribution >= 4 is 22.7 Å². The molecule has 0 amide bonds. The summed E-state index contributed by atoms with van der Waals surface area (Å²) in [5, 5.41) is 1.11. The summed E-state index contributed by atoms with van der Waals surface area (Å²) in [7, 11) is 0. The molecule has 3 heterocycles. The Labute approximate surface area is 122 Å². The molecule has 1 saturated heterocycles. The molecule has 4 rings (SSSR count). The molecule has 1 unspecified atom stereocenters. The molecule has 0 radical (unpaired) electrons. The number of aromatic nitrogens is 1. The molecule has 1 aromatic heterocycles. The van der Waals surface area contributed by atoms with Crippen LogP contribution in [0.4, 0.5) is 5.82 Å². The molecule has 2 aliphatic rings. The highest BCUT2D eigenvalue weighted by atomic mass is 32.2. The fourth-order valence-electron chi connectivity index (χ4n) is 2.83. The summed E-state index contributed by atoms with van der Waals surface area (Å²) in [4.78, 5) is 11.4. The molecule has 2 aromatic rings. The quantitative estimate of drug-likeness (QED) is 0.803. The second-order valence-corrected chi connectivity index (χ2v) is 6.14. The highest BCUT2D eigenvalue weighted by Gasteiger charge is 2.34. The lowest BCUT2D eigenvalue weighted by atomic mass is 9.95. The first-order valence-corrected chi connectivity index (χ1v) is 7.85. The van der Waals surface area contributed by atoms with E-state index in [1.165, 1.54) is 11.1 Å². The highest BCUT2D eigenvalue weighted by molar-refractivity contribution is 8.14. The summed E-state index contributed by atoms with van der Waals surface area (Å²) in [5.74, 6) is 1.93. The Hall–Kier alpha value is -1.81. The molecular weight excluding hydrogens is 266 g/mol. The van der Waals surface area contributed by atoms with E-state index in [0.717, 1.165) is 29.7 Å². The van der Waals surface area contributed by atoms with Crippen molar-refractivity contribution in [2.24, 2.45) is 4.99 Å². The monoisotopic (exact) mass is 281 g/mol. The van der Waals surface area contributed by atoms with E-state index in [1.807, 2.05) is 30.0 Å². The van der Waals surface area contributed by atoms with Gasteiger partial charge in [0.05, 0.1) is 0 Å². The van der Waals surface area contributed by atoms with Crippen LogP contribution in [0.5, 0.6) is 0 Å². The Bertz CT molecular complexity index is 654. The zero-order chi connectivity index (χ0) is 13.4. The predicted molar refractivity (Wildman–Crippen MR) is 83.3 cm³/mol. The van der Waals surface area contributed by atoms with Gasteiger partial charge in [0.25, 0.3) is 0 Å². The van der Waals surface area contributed by atoms with E-state index in [-0.39, 0.29) is 0 Å². The lowest BCUT2D eigenvalue weighted by Gasteiger charge is -2.32. The number of pyridine rings is 1. The Morgan fingerprint density at radius 2 is 1.95 bits per heavy atom. The normalized spacial score (nSPS) is 22.7. The Kier molecular flexibility index (Phi) is 2.96. The maximum atomic E-state index is 4.71. The SMILES string of the molecule is c1ccc(N=C2SCC3Cc4ccccc4CN23)nc1. The standard InChI is InChI=1S/C16H15N3S/c1-2-6-13-10-19-14(9-12(13)5-1)11-20-16(19)18-15-7-3-4-8-17-15/h1-8,14H,9-11H2. The number of benzene rings is 1. The Morgan fingerprint density at radius 3 is 2.80 bits per heavy atom. The maximum absolute atomic E-state index is 4.71. The topological polar surface area (TPSA) is 28.5 Å². The lowest BCUT2D eigenvalue weighted by molar-refractivity contribution is 0.320. The van der Waals surface area contributed by atoms with Crippen molar-refractivity contribution in [2.45, 2.75) is 19.0 Å². The predicted octanol–water partition coefficient (Wildman–Crippen LogP) is 3.24. The van der Waals surface area contributed by atoms with Gasteiger partial charge in [0, 0.05) is 24.5 Å². The Balaban J connectivity index is 1.65. The van der Waals surface area contributed by atoms with Gasteiger partial charge >= 0.3 is 0 Å². The fourth-order valence-corrected chi connectivity index (χ4v) is 4.01. The van der Waals surface area contributed by atoms with Gasteiger partial charge < -0.3 is 4.90 Å². The van der Waals surface area contributed by atoms with Gasteiger partial charge in [0.1, 0.15) is 0 Å². The third kappa shape index (κ3) is 2.10. The van der Waals surface area contributed by atoms with Crippen LogP contribution in [-0.2, 0) is 13.0 Å². The van der Waals surface area contributed by atoms with Crippen molar-refractivity contribution in [3.8, 4) is 0 Å². The molecule has 0 bridgehead atoms. The number of nitrogens with zero attached hydrogens (tertiary/aromatic N) is 3. The first-order chi connectivity index (χ1) is 9.90. The summed E-state index contributed by atoms with van der Waals surface area (Å²) in [5.41, 5.74) is 2.92. The van der Waals surface area contributed by atoms with Gasteiger partial charge in [-0.15, -0.1) is 0 Å². The van der Waals surface area contributed by atoms with Gasteiger partial charge in [-0.1, -0.05) is 42.1 Å². The van der Waals surface area contributed by atoms with Gasteiger partial charge in [0.15, 0.2) is 11.0 Å². The second kappa shape index (κ2) is 4.94. The van der Waals surface area contributed by atoms with E-state index in [4.69, 9.17) is 4.99 Å². The van der Waals surface area contributed by atoms with E-state index in [2.05, 4.69) is 34.1 Å². The first kappa shape index (κ1) is 12.0. The molecule has 0 aliphatic carbocycles. The van der Waals surface area contributed by atoms with E-state index in [0.29, 0.717) is 6.04 Å². The fraction of sp³-hybridized carbons (Fsp3) is 0.250. The van der Waals surface area contributed by atoms with Crippen LogP contribution in [0, 0.1) is 0 Å². The van der Waals surface area contributed by atoms with Crippen LogP contribution in [0.15, 0.2) is 53.7 Å². The highest BCUT2D eigenvalue weighted by Crippen LogP contribution is 2.34. The average Bonchev–Trinajstić information content (AvgIpc) is 2.88. The molecule has 0 saturated carbocycles. The van der Waals surface area contributed by atoms with Crippen molar-refractivity contribution < 1.29 is 0 Å². The minimum Gasteiger partial charge on any atom is -0.343 e. The third-order valence-electron chi connectivity index (χ3n) is 3.87. The molecular formula is C16H15N3S. The number of hydrogen-bond acceptors (Lipinski definition) is 3. The molecule has 20 heavy (non-hydrogen) atoms. The zero-order valence-corrected chi connectivity index (χ0v) is 11.9. The first-order valence-electron chi connectivity index (χ1n) is 6.86. The van der Waals surface area contributed by atoms with Gasteiger partial charge in [-0.3, -0.25) is 0 Å². The largest absolute Gasteiger partial charge is 0.343 e. The van der Waals surface area contributed by atoms with Crippen molar-refractivity contribution in [3.63, 3.8) is 0 Å². The van der Waals surface area contributed by atoms with Crippen LogP contribution < -0.4 is 0 Å². The van der Waals surface area contributed by atoms with Gasteiger partial charge in [-0.05, 0) is 29.7 Å². The maximum Gasteiger partial charge on any atom is 0.166 e. The van der Waals surface area contributed by atoms with Crippen LogP contribution in [0.2, 0.25) is 0 Å². The number of hydrogen-bond donors (Lipinski definition) is 0. The van der Waals surface area contributed by atoms with Crippen LogP contribution in [0.1, 0.15) is 11.1 Å². The summed E-state index contributed by atoms with van der Waals surface area (Å²) in [6.45, 7) is 0.972. The van der Waals surface area contributed by atoms with Crippen LogP contribution in [0.25, 0.3) is 0 Å². The van der Waals surface area contributed by atoms with E-state index in [1.54, 1.807) is 6.20 Å². The summed E-state index contributed by atoms with van der Waals surface area (Å²) in [6.07, 6.45) is 2.92. The minimum atomic E-state index is 0.581. The number of thioether (sulfide) groups is 1. The molecule has 1 atom stereocenters. The van der Waals surface area contributed by atoms with Crippen molar-refractivity contribution in [1.29, 1.82) is 0 Å². The number of fused-ring (bicyclic) bond motifs is 2. The van der Waals surface area contributed by atoms with E-state index in [9.17, 15) is 0 Å². The zero-order valence-electron chi connectivity index (χ0n) is 11.1. The number of rotatable bonds is 1. The smallest absolute Gasteiger partial charge is 0.166 e. The summed E-state index contributed by atoms with van der Waals surface area (Å²) < 4.78 is 0. The van der Waals surface area contributed by atoms with E-state index < -0.39 is 0 Å². The van der Waals surface area contributed by atoms with Crippen molar-refractivity contribution in [2.75, 3.05) is 5.75 Å². The summed E-state index contributed by atoms with van der Waals surface area (Å²) >= 11 is 1.85. The second-order valence-electron chi connectivity index (χ2n) is 5.15. The average molecular weight is 281 g/mol. The molecule has 100 valence electrons. The van der Waals surface area contributed by atoms with Crippen LogP contribution >= 0.6 is 11.8 Å². The van der Waals surface area contributed by atoms with Gasteiger partial charge in [-0.2, -0.15) is 0 Å². The van der Waals surface area contributed by atoms with Crippen LogP contribution in [-0.4, -0.2) is 26.8 Å². The molecule has 4 heteroatoms. The molecule has 1 aromatic carbocycles. The molecule has 0 spiro atoms. The third-order valence-corrected chi connectivity index (χ3v) is 5.00. The van der Waals surface area contributed by atoms with Crippen molar-refractivity contribution in [3.05, 3.63) is 59.8 Å². The molecule has 3 nitrogen and oxygen atoms in total. The lowest BCUT2D eigenvalue weighted by Crippen LogP contribution is -2.38. The van der Waals surface area contributed by atoms with Crippen LogP contribution in [0.3, 0.4) is 0 Å². The number of aliphatic imine (C=N–C) groups is 1. The molecule has 1 fully saturated rings. The van der Waals surface area contributed by atoms with Gasteiger partial charge in [0.2, 0.25) is 0 Å². The summed E-state index contributed by atoms with van der Waals surface area (Å²) in [6, 6.07) is 15.2. The molecule has 0 N–H and O–H groups in total. The minimum absolute atomic E-state index is 0.581. The number of amidine groups is 1. The van der Waals surface area contributed by atoms with Crippen molar-refractivity contribution in [1.82, 2.24) is 9.88 Å². The molecule has 2 aliphatic heterocycles. The Morgan fingerprint density at radius 1 is 1.10 bits per heavy atom. The van der Waals surface area contributed by atoms with E-state index >= 15 is 0 Å².